The number of anilines is 1. The first-order chi connectivity index (χ1) is 15.7. The normalized spacial score (nSPS) is 11.8. The molecule has 0 aliphatic rings. The molecule has 0 atom stereocenters. The van der Waals surface area contributed by atoms with Gasteiger partial charge in [-0.15, -0.1) is 0 Å². The molecular weight excluding hydrogens is 410 g/mol. The number of rotatable bonds is 7. The summed E-state index contributed by atoms with van der Waals surface area (Å²) < 4.78 is 1.60. The molecule has 0 radical (unpaired) electrons. The fourth-order valence-electron chi connectivity index (χ4n) is 3.84. The molecule has 0 aliphatic heterocycles. The topological polar surface area (TPSA) is 71.8 Å². The average Bonchev–Trinajstić information content (AvgIpc) is 2.81. The Morgan fingerprint density at radius 3 is 2.36 bits per heavy atom. The minimum atomic E-state index is -0.304. The fraction of sp³-hybridized carbons (Fsp3) is 0.296. The van der Waals surface area contributed by atoms with Crippen LogP contribution in [0.15, 0.2) is 71.8 Å². The highest BCUT2D eigenvalue weighted by Gasteiger charge is 2.23. The molecule has 0 fully saturated rings. The highest BCUT2D eigenvalue weighted by Crippen LogP contribution is 2.31. The van der Waals surface area contributed by atoms with Gasteiger partial charge in [0.05, 0.1) is 11.3 Å². The van der Waals surface area contributed by atoms with E-state index < -0.39 is 0 Å². The summed E-state index contributed by atoms with van der Waals surface area (Å²) in [6, 6.07) is 18.4. The smallest absolute Gasteiger partial charge is 0.263 e. The quantitative estimate of drug-likeness (QED) is 0.429. The molecule has 0 aliphatic carbocycles. The van der Waals surface area contributed by atoms with Crippen molar-refractivity contribution in [3.63, 3.8) is 0 Å². The van der Waals surface area contributed by atoms with E-state index >= 15 is 0 Å². The summed E-state index contributed by atoms with van der Waals surface area (Å²) in [6.07, 6.45) is 3.45. The zero-order valence-corrected chi connectivity index (χ0v) is 19.9. The molecule has 0 bridgehead atoms. The van der Waals surface area contributed by atoms with Crippen molar-refractivity contribution < 1.29 is 0 Å². The Morgan fingerprint density at radius 1 is 0.970 bits per heavy atom. The second-order valence-electron chi connectivity index (χ2n) is 9.37. The molecule has 6 nitrogen and oxygen atoms in total. The van der Waals surface area contributed by atoms with E-state index in [0.717, 1.165) is 28.4 Å². The van der Waals surface area contributed by atoms with Crippen LogP contribution in [0.1, 0.15) is 27.7 Å². The van der Waals surface area contributed by atoms with E-state index in [2.05, 4.69) is 61.5 Å². The Hall–Kier alpha value is -3.51. The van der Waals surface area contributed by atoms with Crippen LogP contribution in [0.3, 0.4) is 0 Å². The van der Waals surface area contributed by atoms with Gasteiger partial charge in [0, 0.05) is 43.1 Å². The lowest BCUT2D eigenvalue weighted by Gasteiger charge is -2.29. The molecule has 170 valence electrons. The lowest BCUT2D eigenvalue weighted by molar-refractivity contribution is 0.463. The van der Waals surface area contributed by atoms with Gasteiger partial charge in [-0.05, 0) is 48.4 Å². The largest absolute Gasteiger partial charge is 0.349 e. The predicted molar refractivity (Wildman–Crippen MR) is 136 cm³/mol. The maximum atomic E-state index is 13.7. The van der Waals surface area contributed by atoms with E-state index in [9.17, 15) is 4.79 Å². The van der Waals surface area contributed by atoms with Gasteiger partial charge in [-0.2, -0.15) is 0 Å². The Kier molecular flexibility index (Phi) is 6.29. The summed E-state index contributed by atoms with van der Waals surface area (Å²) in [5.74, 6) is 0.534. The van der Waals surface area contributed by atoms with E-state index in [1.54, 1.807) is 24.0 Å². The Balaban J connectivity index is 1.88. The first-order valence-corrected chi connectivity index (χ1v) is 11.3. The number of pyridine rings is 1. The summed E-state index contributed by atoms with van der Waals surface area (Å²) in [5.41, 5.74) is 2.53. The number of fused-ring (bicyclic) bond motifs is 1. The van der Waals surface area contributed by atoms with Crippen molar-refractivity contribution in [2.75, 3.05) is 11.9 Å². The molecule has 2 aromatic heterocycles. The second-order valence-corrected chi connectivity index (χ2v) is 9.37. The molecular formula is C27H31N5O. The molecule has 0 unspecified atom stereocenters. The zero-order chi connectivity index (χ0) is 23.6. The molecule has 33 heavy (non-hydrogen) atoms. The van der Waals surface area contributed by atoms with Gasteiger partial charge < -0.3 is 10.6 Å². The highest BCUT2D eigenvalue weighted by molar-refractivity contribution is 5.90. The molecule has 4 aromatic rings. The maximum Gasteiger partial charge on any atom is 0.263 e. The second kappa shape index (κ2) is 9.16. The monoisotopic (exact) mass is 441 g/mol. The van der Waals surface area contributed by atoms with Crippen molar-refractivity contribution >= 4 is 16.7 Å². The molecule has 0 amide bonds. The van der Waals surface area contributed by atoms with E-state index in [-0.39, 0.29) is 11.1 Å². The van der Waals surface area contributed by atoms with Crippen molar-refractivity contribution in [1.29, 1.82) is 0 Å². The van der Waals surface area contributed by atoms with Crippen LogP contribution in [0.25, 0.3) is 33.2 Å². The molecule has 0 saturated heterocycles. The summed E-state index contributed by atoms with van der Waals surface area (Å²) in [6.45, 7) is 9.15. The molecule has 2 aromatic carbocycles. The number of benzene rings is 2. The van der Waals surface area contributed by atoms with Crippen LogP contribution in [0, 0.1) is 0 Å². The molecule has 2 heterocycles. The average molecular weight is 442 g/mol. The minimum Gasteiger partial charge on any atom is -0.349 e. The fourth-order valence-corrected chi connectivity index (χ4v) is 3.84. The summed E-state index contributed by atoms with van der Waals surface area (Å²) in [5, 5.41) is 9.15. The van der Waals surface area contributed by atoms with Gasteiger partial charge in [0.15, 0.2) is 0 Å². The Labute approximate surface area is 194 Å². The number of aromatic nitrogens is 3. The Morgan fingerprint density at radius 2 is 1.67 bits per heavy atom. The Bertz CT molecular complexity index is 1330. The first-order valence-electron chi connectivity index (χ1n) is 11.3. The van der Waals surface area contributed by atoms with Crippen molar-refractivity contribution in [3.05, 3.63) is 77.3 Å². The first kappa shape index (κ1) is 22.7. The molecule has 0 spiro atoms. The van der Waals surface area contributed by atoms with Crippen molar-refractivity contribution in [3.8, 4) is 22.4 Å². The van der Waals surface area contributed by atoms with Crippen LogP contribution in [-0.4, -0.2) is 32.7 Å². The third-order valence-electron chi connectivity index (χ3n) is 5.69. The van der Waals surface area contributed by atoms with Gasteiger partial charge in [0.2, 0.25) is 5.95 Å². The summed E-state index contributed by atoms with van der Waals surface area (Å²) in [7, 11) is 1.77. The highest BCUT2D eigenvalue weighted by atomic mass is 16.1. The molecule has 0 saturated carbocycles. The summed E-state index contributed by atoms with van der Waals surface area (Å²) >= 11 is 0. The van der Waals surface area contributed by atoms with E-state index in [1.807, 2.05) is 36.4 Å². The van der Waals surface area contributed by atoms with E-state index in [1.165, 1.54) is 0 Å². The standard InChI is InChI=1S/C27H31N5O/c1-18(2)29-17-27(3,4)31-26-30-24(20-12-14-28-15-13-20)23(25(33)32(26)5)22-11-10-19-8-6-7-9-21(19)16-22/h6-16,18,29H,17H2,1-5H3,(H,30,31). The van der Waals surface area contributed by atoms with Crippen LogP contribution in [0.4, 0.5) is 5.95 Å². The number of nitrogens with zero attached hydrogens (tertiary/aromatic N) is 3. The molecule has 4 rings (SSSR count). The van der Waals surface area contributed by atoms with Crippen molar-refractivity contribution in [1.82, 2.24) is 19.9 Å². The van der Waals surface area contributed by atoms with Gasteiger partial charge in [-0.25, -0.2) is 4.98 Å². The number of hydrogen-bond acceptors (Lipinski definition) is 5. The molecule has 2 N–H and O–H groups in total. The number of nitrogens with one attached hydrogen (secondary N) is 2. The lowest BCUT2D eigenvalue weighted by Crippen LogP contribution is -2.45. The van der Waals surface area contributed by atoms with Gasteiger partial charge in [-0.3, -0.25) is 14.3 Å². The zero-order valence-electron chi connectivity index (χ0n) is 19.9. The van der Waals surface area contributed by atoms with Crippen LogP contribution in [-0.2, 0) is 7.05 Å². The van der Waals surface area contributed by atoms with Gasteiger partial charge >= 0.3 is 0 Å². The van der Waals surface area contributed by atoms with Crippen LogP contribution < -0.4 is 16.2 Å². The van der Waals surface area contributed by atoms with E-state index in [4.69, 9.17) is 4.98 Å². The van der Waals surface area contributed by atoms with E-state index in [0.29, 0.717) is 23.2 Å². The van der Waals surface area contributed by atoms with Crippen LogP contribution in [0.5, 0.6) is 0 Å². The maximum absolute atomic E-state index is 13.7. The van der Waals surface area contributed by atoms with Crippen LogP contribution >= 0.6 is 0 Å². The lowest BCUT2D eigenvalue weighted by atomic mass is 9.98. The third-order valence-corrected chi connectivity index (χ3v) is 5.69. The van der Waals surface area contributed by atoms with Gasteiger partial charge in [-0.1, -0.05) is 50.2 Å². The van der Waals surface area contributed by atoms with Crippen LogP contribution in [0.2, 0.25) is 0 Å². The van der Waals surface area contributed by atoms with Gasteiger partial charge in [0.25, 0.3) is 5.56 Å². The molecule has 6 heteroatoms. The third kappa shape index (κ3) is 4.96. The predicted octanol–water partition coefficient (Wildman–Crippen LogP) is 4.85. The number of hydrogen-bond donors (Lipinski definition) is 2. The van der Waals surface area contributed by atoms with Crippen molar-refractivity contribution in [2.45, 2.75) is 39.3 Å². The summed E-state index contributed by atoms with van der Waals surface area (Å²) in [4.78, 5) is 22.8. The van der Waals surface area contributed by atoms with Gasteiger partial charge in [0.1, 0.15) is 0 Å². The SMILES string of the molecule is CC(C)NCC(C)(C)Nc1nc(-c2ccncc2)c(-c2ccc3ccccc3c2)c(=O)n1C. The minimum absolute atomic E-state index is 0.0952. The van der Waals surface area contributed by atoms with Crippen molar-refractivity contribution in [2.24, 2.45) is 7.05 Å².